The van der Waals surface area contributed by atoms with E-state index in [4.69, 9.17) is 16.3 Å². The molecule has 0 atom stereocenters. The average molecular weight is 306 g/mol. The molecule has 0 saturated heterocycles. The number of esters is 1. The van der Waals surface area contributed by atoms with Crippen molar-refractivity contribution in [1.29, 1.82) is 0 Å². The van der Waals surface area contributed by atoms with Crippen molar-refractivity contribution in [1.82, 2.24) is 0 Å². The third-order valence-corrected chi connectivity index (χ3v) is 2.94. The van der Waals surface area contributed by atoms with Gasteiger partial charge in [0.05, 0.1) is 10.7 Å². The molecule has 0 unspecified atom stereocenters. The van der Waals surface area contributed by atoms with Crippen LogP contribution in [0.25, 0.3) is 0 Å². The Balaban J connectivity index is 1.91. The second-order valence-corrected chi connectivity index (χ2v) is 4.53. The minimum absolute atomic E-state index is 0.00282. The number of para-hydroxylation sites is 2. The highest BCUT2D eigenvalue weighted by molar-refractivity contribution is 6.33. The molecule has 2 N–H and O–H groups in total. The third kappa shape index (κ3) is 3.97. The van der Waals surface area contributed by atoms with Gasteiger partial charge in [0.1, 0.15) is 11.3 Å². The summed E-state index contributed by atoms with van der Waals surface area (Å²) < 4.78 is 4.83. The lowest BCUT2D eigenvalue weighted by atomic mass is 10.2. The zero-order valence-corrected chi connectivity index (χ0v) is 11.6. The van der Waals surface area contributed by atoms with Gasteiger partial charge in [-0.3, -0.25) is 4.79 Å². The molecule has 0 spiro atoms. The summed E-state index contributed by atoms with van der Waals surface area (Å²) >= 11 is 5.89. The maximum absolute atomic E-state index is 11.7. The fourth-order valence-electron chi connectivity index (χ4n) is 1.60. The predicted molar refractivity (Wildman–Crippen MR) is 78.5 cm³/mol. The highest BCUT2D eigenvalue weighted by Gasteiger charge is 2.14. The molecule has 6 heteroatoms. The largest absolute Gasteiger partial charge is 0.507 e. The van der Waals surface area contributed by atoms with E-state index in [1.54, 1.807) is 36.4 Å². The van der Waals surface area contributed by atoms with E-state index in [0.717, 1.165) is 0 Å². The summed E-state index contributed by atoms with van der Waals surface area (Å²) in [7, 11) is 0. The summed E-state index contributed by atoms with van der Waals surface area (Å²) in [5.74, 6) is -1.50. The van der Waals surface area contributed by atoms with Gasteiger partial charge in [-0.15, -0.1) is 0 Å². The summed E-state index contributed by atoms with van der Waals surface area (Å²) in [6, 6.07) is 12.6. The Bertz CT molecular complexity index is 672. The van der Waals surface area contributed by atoms with E-state index in [0.29, 0.717) is 10.7 Å². The van der Waals surface area contributed by atoms with Crippen molar-refractivity contribution in [3.63, 3.8) is 0 Å². The van der Waals surface area contributed by atoms with Gasteiger partial charge in [-0.2, -0.15) is 0 Å². The second kappa shape index (κ2) is 6.76. The molecular formula is C15H12ClNO4. The van der Waals surface area contributed by atoms with Gasteiger partial charge in [0.15, 0.2) is 6.61 Å². The number of phenols is 1. The highest BCUT2D eigenvalue weighted by atomic mass is 35.5. The normalized spacial score (nSPS) is 9.95. The molecule has 0 radical (unpaired) electrons. The summed E-state index contributed by atoms with van der Waals surface area (Å²) in [5.41, 5.74) is 0.436. The number of rotatable bonds is 4. The number of nitrogens with one attached hydrogen (secondary N) is 1. The van der Waals surface area contributed by atoms with Gasteiger partial charge in [0, 0.05) is 0 Å². The predicted octanol–water partition coefficient (Wildman–Crippen LogP) is 2.84. The molecule has 108 valence electrons. The lowest BCUT2D eigenvalue weighted by molar-refractivity contribution is -0.119. The molecule has 0 saturated carbocycles. The highest BCUT2D eigenvalue weighted by Crippen LogP contribution is 2.20. The Kier molecular flexibility index (Phi) is 4.79. The zero-order chi connectivity index (χ0) is 15.2. The van der Waals surface area contributed by atoms with Crippen molar-refractivity contribution in [2.75, 3.05) is 11.9 Å². The van der Waals surface area contributed by atoms with E-state index in [-0.39, 0.29) is 11.3 Å². The number of amides is 1. The number of anilines is 1. The van der Waals surface area contributed by atoms with Crippen LogP contribution in [0.1, 0.15) is 10.4 Å². The summed E-state index contributed by atoms with van der Waals surface area (Å²) in [5, 5.41) is 12.4. The molecule has 1 amide bonds. The molecule has 0 aliphatic rings. The van der Waals surface area contributed by atoms with Crippen LogP contribution in [0.15, 0.2) is 48.5 Å². The van der Waals surface area contributed by atoms with Gasteiger partial charge >= 0.3 is 5.97 Å². The van der Waals surface area contributed by atoms with Gasteiger partial charge in [0.2, 0.25) is 0 Å². The fourth-order valence-corrected chi connectivity index (χ4v) is 1.79. The van der Waals surface area contributed by atoms with Gasteiger partial charge in [-0.05, 0) is 24.3 Å². The molecule has 0 bridgehead atoms. The Hall–Kier alpha value is -2.53. The zero-order valence-electron chi connectivity index (χ0n) is 10.9. The number of hydrogen-bond donors (Lipinski definition) is 2. The fraction of sp³-hybridized carbons (Fsp3) is 0.0667. The molecular weight excluding hydrogens is 294 g/mol. The monoisotopic (exact) mass is 305 g/mol. The first-order valence-corrected chi connectivity index (χ1v) is 6.45. The molecule has 2 rings (SSSR count). The molecule has 5 nitrogen and oxygen atoms in total. The Morgan fingerprint density at radius 2 is 1.76 bits per heavy atom. The number of halogens is 1. The topological polar surface area (TPSA) is 75.6 Å². The molecule has 0 aromatic heterocycles. The maximum atomic E-state index is 11.7. The Morgan fingerprint density at radius 1 is 1.10 bits per heavy atom. The molecule has 0 aliphatic carbocycles. The van der Waals surface area contributed by atoms with E-state index in [1.165, 1.54) is 12.1 Å². The van der Waals surface area contributed by atoms with Crippen LogP contribution in [0, 0.1) is 0 Å². The minimum Gasteiger partial charge on any atom is -0.507 e. The molecule has 2 aromatic rings. The standard InChI is InChI=1S/C15H12ClNO4/c16-11-6-2-3-7-12(11)17-14(19)9-21-15(20)10-5-1-4-8-13(10)18/h1-8,18H,9H2,(H,17,19). The van der Waals surface area contributed by atoms with Crippen LogP contribution < -0.4 is 5.32 Å². The smallest absolute Gasteiger partial charge is 0.342 e. The van der Waals surface area contributed by atoms with Crippen LogP contribution >= 0.6 is 11.6 Å². The minimum atomic E-state index is -0.776. The second-order valence-electron chi connectivity index (χ2n) is 4.12. The Morgan fingerprint density at radius 3 is 2.48 bits per heavy atom. The van der Waals surface area contributed by atoms with E-state index in [9.17, 15) is 14.7 Å². The van der Waals surface area contributed by atoms with Crippen molar-refractivity contribution in [3.8, 4) is 5.75 Å². The molecule has 21 heavy (non-hydrogen) atoms. The lowest BCUT2D eigenvalue weighted by Crippen LogP contribution is -2.21. The molecule has 2 aromatic carbocycles. The summed E-state index contributed by atoms with van der Waals surface area (Å²) in [6.45, 7) is -0.474. The van der Waals surface area contributed by atoms with Crippen molar-refractivity contribution in [3.05, 3.63) is 59.1 Å². The molecule has 0 aliphatic heterocycles. The van der Waals surface area contributed by atoms with Crippen molar-refractivity contribution in [2.45, 2.75) is 0 Å². The first-order valence-electron chi connectivity index (χ1n) is 6.07. The van der Waals surface area contributed by atoms with Crippen LogP contribution in [0.2, 0.25) is 5.02 Å². The van der Waals surface area contributed by atoms with E-state index < -0.39 is 18.5 Å². The van der Waals surface area contributed by atoms with Crippen LogP contribution in [-0.2, 0) is 9.53 Å². The first-order chi connectivity index (χ1) is 10.1. The first kappa shape index (κ1) is 14.9. The SMILES string of the molecule is O=C(COC(=O)c1ccccc1O)Nc1ccccc1Cl. The van der Waals surface area contributed by atoms with E-state index in [1.807, 2.05) is 0 Å². The lowest BCUT2D eigenvalue weighted by Gasteiger charge is -2.08. The molecule has 0 fully saturated rings. The third-order valence-electron chi connectivity index (χ3n) is 2.61. The van der Waals surface area contributed by atoms with E-state index >= 15 is 0 Å². The van der Waals surface area contributed by atoms with Crippen LogP contribution in [0.5, 0.6) is 5.75 Å². The number of hydrogen-bond acceptors (Lipinski definition) is 4. The van der Waals surface area contributed by atoms with Crippen LogP contribution in [-0.4, -0.2) is 23.6 Å². The Labute approximate surface area is 126 Å². The van der Waals surface area contributed by atoms with Gasteiger partial charge < -0.3 is 15.2 Å². The summed E-state index contributed by atoms with van der Waals surface area (Å²) in [6.07, 6.45) is 0. The number of benzene rings is 2. The van der Waals surface area contributed by atoms with Gasteiger partial charge in [-0.1, -0.05) is 35.9 Å². The maximum Gasteiger partial charge on any atom is 0.342 e. The summed E-state index contributed by atoms with van der Waals surface area (Å²) in [4.78, 5) is 23.4. The number of aromatic hydroxyl groups is 1. The van der Waals surface area contributed by atoms with Crippen LogP contribution in [0.3, 0.4) is 0 Å². The average Bonchev–Trinajstić information content (AvgIpc) is 2.48. The number of ether oxygens (including phenoxy) is 1. The number of carbonyl (C=O) groups excluding carboxylic acids is 2. The van der Waals surface area contributed by atoms with Crippen molar-refractivity contribution >= 4 is 29.2 Å². The quantitative estimate of drug-likeness (QED) is 0.852. The number of carbonyl (C=O) groups is 2. The van der Waals surface area contributed by atoms with Crippen molar-refractivity contribution < 1.29 is 19.4 Å². The van der Waals surface area contributed by atoms with Gasteiger partial charge in [0.25, 0.3) is 5.91 Å². The van der Waals surface area contributed by atoms with Crippen molar-refractivity contribution in [2.24, 2.45) is 0 Å². The van der Waals surface area contributed by atoms with Gasteiger partial charge in [-0.25, -0.2) is 4.79 Å². The number of phenolic OH excluding ortho intramolecular Hbond substituents is 1. The molecule has 0 heterocycles. The van der Waals surface area contributed by atoms with E-state index in [2.05, 4.69) is 5.32 Å². The van der Waals surface area contributed by atoms with Crippen LogP contribution in [0.4, 0.5) is 5.69 Å².